The molecular formula is C17H25N. The summed E-state index contributed by atoms with van der Waals surface area (Å²) in [5.41, 5.74) is 3.48. The minimum absolute atomic E-state index is 0.460. The summed E-state index contributed by atoms with van der Waals surface area (Å²) in [4.78, 5) is 2.60. The minimum Gasteiger partial charge on any atom is -0.303 e. The average Bonchev–Trinajstić information content (AvgIpc) is 2.35. The molecule has 1 saturated heterocycles. The van der Waals surface area contributed by atoms with E-state index in [2.05, 4.69) is 50.1 Å². The summed E-state index contributed by atoms with van der Waals surface area (Å²) in [7, 11) is 2.31. The SMILES string of the molecule is Cc1cccc([C@@]23CCC[C@@H]([C@H]2C)N(C)CC3)c1. The lowest BCUT2D eigenvalue weighted by Gasteiger charge is -2.55. The summed E-state index contributed by atoms with van der Waals surface area (Å²) in [6.45, 7) is 5.98. The van der Waals surface area contributed by atoms with E-state index in [1.165, 1.54) is 37.8 Å². The number of nitrogens with zero attached hydrogens (tertiary/aromatic N) is 1. The second-order valence-electron chi connectivity index (χ2n) is 6.50. The first-order valence-corrected chi connectivity index (χ1v) is 7.41. The molecule has 0 unspecified atom stereocenters. The first-order valence-electron chi connectivity index (χ1n) is 7.41. The molecule has 1 aliphatic carbocycles. The van der Waals surface area contributed by atoms with Crippen LogP contribution in [0.5, 0.6) is 0 Å². The Bertz CT molecular complexity index is 439. The third kappa shape index (κ3) is 1.72. The maximum absolute atomic E-state index is 2.60. The van der Waals surface area contributed by atoms with Crippen molar-refractivity contribution in [3.63, 3.8) is 0 Å². The number of hydrogen-bond donors (Lipinski definition) is 0. The zero-order valence-electron chi connectivity index (χ0n) is 11.9. The van der Waals surface area contributed by atoms with Crippen molar-refractivity contribution in [2.75, 3.05) is 13.6 Å². The van der Waals surface area contributed by atoms with Crippen molar-refractivity contribution in [1.82, 2.24) is 4.90 Å². The van der Waals surface area contributed by atoms with Gasteiger partial charge in [0.15, 0.2) is 0 Å². The van der Waals surface area contributed by atoms with Crippen LogP contribution in [0.4, 0.5) is 0 Å². The van der Waals surface area contributed by atoms with Crippen molar-refractivity contribution in [1.29, 1.82) is 0 Å². The highest BCUT2D eigenvalue weighted by atomic mass is 15.1. The van der Waals surface area contributed by atoms with Gasteiger partial charge in [-0.1, -0.05) is 43.2 Å². The highest BCUT2D eigenvalue weighted by Crippen LogP contribution is 2.50. The molecule has 3 atom stereocenters. The largest absolute Gasteiger partial charge is 0.303 e. The fraction of sp³-hybridized carbons (Fsp3) is 0.647. The topological polar surface area (TPSA) is 3.24 Å². The number of hydrogen-bond acceptors (Lipinski definition) is 1. The summed E-state index contributed by atoms with van der Waals surface area (Å²) in [6, 6.07) is 10.1. The predicted octanol–water partition coefficient (Wildman–Crippen LogP) is 3.76. The summed E-state index contributed by atoms with van der Waals surface area (Å²) in [6.07, 6.45) is 5.52. The van der Waals surface area contributed by atoms with Gasteiger partial charge in [0.1, 0.15) is 0 Å². The molecule has 0 aromatic heterocycles. The first kappa shape index (κ1) is 12.2. The normalized spacial score (nSPS) is 36.6. The predicted molar refractivity (Wildman–Crippen MR) is 76.9 cm³/mol. The molecule has 0 spiro atoms. The van der Waals surface area contributed by atoms with Gasteiger partial charge in [-0.3, -0.25) is 0 Å². The molecule has 0 amide bonds. The molecule has 1 aliphatic heterocycles. The Morgan fingerprint density at radius 1 is 1.28 bits per heavy atom. The Kier molecular flexibility index (Phi) is 2.97. The summed E-state index contributed by atoms with van der Waals surface area (Å²) in [5, 5.41) is 0. The fourth-order valence-corrected chi connectivity index (χ4v) is 4.48. The third-order valence-corrected chi connectivity index (χ3v) is 5.64. The molecule has 98 valence electrons. The van der Waals surface area contributed by atoms with Crippen LogP contribution in [0.1, 0.15) is 43.7 Å². The van der Waals surface area contributed by atoms with Gasteiger partial charge < -0.3 is 4.90 Å². The van der Waals surface area contributed by atoms with E-state index in [0.717, 1.165) is 12.0 Å². The molecule has 3 rings (SSSR count). The number of likely N-dealkylation sites (tertiary alicyclic amines) is 1. The van der Waals surface area contributed by atoms with Crippen LogP contribution in [0.25, 0.3) is 0 Å². The van der Waals surface area contributed by atoms with Gasteiger partial charge >= 0.3 is 0 Å². The molecule has 2 aliphatic rings. The van der Waals surface area contributed by atoms with E-state index in [1.807, 2.05) is 0 Å². The van der Waals surface area contributed by atoms with Gasteiger partial charge in [0.05, 0.1) is 0 Å². The molecule has 1 saturated carbocycles. The number of rotatable bonds is 1. The van der Waals surface area contributed by atoms with E-state index in [9.17, 15) is 0 Å². The lowest BCUT2D eigenvalue weighted by molar-refractivity contribution is 0.0126. The number of benzene rings is 1. The van der Waals surface area contributed by atoms with Crippen LogP contribution >= 0.6 is 0 Å². The molecule has 1 heteroatoms. The van der Waals surface area contributed by atoms with E-state index in [4.69, 9.17) is 0 Å². The molecule has 1 nitrogen and oxygen atoms in total. The first-order chi connectivity index (χ1) is 8.63. The van der Waals surface area contributed by atoms with Gasteiger partial charge in [0.25, 0.3) is 0 Å². The van der Waals surface area contributed by atoms with Crippen molar-refractivity contribution in [2.45, 2.75) is 51.0 Å². The molecule has 2 bridgehead atoms. The average molecular weight is 243 g/mol. The number of aryl methyl sites for hydroxylation is 1. The highest BCUT2D eigenvalue weighted by molar-refractivity contribution is 5.32. The Balaban J connectivity index is 2.02. The Hall–Kier alpha value is -0.820. The fourth-order valence-electron chi connectivity index (χ4n) is 4.48. The highest BCUT2D eigenvalue weighted by Gasteiger charge is 2.48. The van der Waals surface area contributed by atoms with Crippen LogP contribution in [0, 0.1) is 12.8 Å². The zero-order valence-corrected chi connectivity index (χ0v) is 11.9. The van der Waals surface area contributed by atoms with E-state index < -0.39 is 0 Å². The molecular weight excluding hydrogens is 218 g/mol. The van der Waals surface area contributed by atoms with Crippen LogP contribution < -0.4 is 0 Å². The molecule has 18 heavy (non-hydrogen) atoms. The molecule has 1 aromatic rings. The van der Waals surface area contributed by atoms with Gasteiger partial charge in [0.2, 0.25) is 0 Å². The van der Waals surface area contributed by atoms with Gasteiger partial charge in [0, 0.05) is 11.5 Å². The Morgan fingerprint density at radius 2 is 2.11 bits per heavy atom. The van der Waals surface area contributed by atoms with Crippen LogP contribution in [0.15, 0.2) is 24.3 Å². The number of fused-ring (bicyclic) bond motifs is 2. The monoisotopic (exact) mass is 243 g/mol. The van der Waals surface area contributed by atoms with Crippen molar-refractivity contribution in [2.24, 2.45) is 5.92 Å². The van der Waals surface area contributed by atoms with Gasteiger partial charge in [-0.2, -0.15) is 0 Å². The van der Waals surface area contributed by atoms with Gasteiger partial charge in [-0.25, -0.2) is 0 Å². The van der Waals surface area contributed by atoms with E-state index >= 15 is 0 Å². The molecule has 1 aromatic carbocycles. The zero-order chi connectivity index (χ0) is 12.8. The van der Waals surface area contributed by atoms with Crippen molar-refractivity contribution >= 4 is 0 Å². The lowest BCUT2D eigenvalue weighted by Crippen LogP contribution is -2.56. The maximum atomic E-state index is 2.60. The summed E-state index contributed by atoms with van der Waals surface area (Å²) < 4.78 is 0. The van der Waals surface area contributed by atoms with E-state index in [1.54, 1.807) is 5.56 Å². The van der Waals surface area contributed by atoms with Gasteiger partial charge in [-0.05, 0) is 51.3 Å². The summed E-state index contributed by atoms with van der Waals surface area (Å²) in [5.74, 6) is 0.798. The Labute approximate surface area is 111 Å². The number of piperidine rings is 1. The third-order valence-electron chi connectivity index (χ3n) is 5.64. The van der Waals surface area contributed by atoms with Crippen LogP contribution in [0.2, 0.25) is 0 Å². The lowest BCUT2D eigenvalue weighted by atomic mass is 9.57. The molecule has 2 fully saturated rings. The second-order valence-corrected chi connectivity index (χ2v) is 6.50. The standard InChI is InChI=1S/C17H25N/c1-13-6-4-7-15(12-13)17-9-5-8-16(14(17)2)18(3)11-10-17/h4,6-7,12,14,16H,5,8-11H2,1-3H3/t14-,16+,17-/m1/s1. The quantitative estimate of drug-likeness (QED) is 0.726. The Morgan fingerprint density at radius 3 is 2.89 bits per heavy atom. The summed E-state index contributed by atoms with van der Waals surface area (Å²) >= 11 is 0. The maximum Gasteiger partial charge on any atom is 0.0126 e. The van der Waals surface area contributed by atoms with Crippen molar-refractivity contribution in [3.05, 3.63) is 35.4 Å². The van der Waals surface area contributed by atoms with Crippen LogP contribution in [-0.2, 0) is 5.41 Å². The van der Waals surface area contributed by atoms with Crippen molar-refractivity contribution in [3.8, 4) is 0 Å². The van der Waals surface area contributed by atoms with E-state index in [-0.39, 0.29) is 0 Å². The molecule has 0 N–H and O–H groups in total. The van der Waals surface area contributed by atoms with Crippen molar-refractivity contribution < 1.29 is 0 Å². The van der Waals surface area contributed by atoms with Crippen LogP contribution in [-0.4, -0.2) is 24.5 Å². The van der Waals surface area contributed by atoms with E-state index in [0.29, 0.717) is 5.41 Å². The van der Waals surface area contributed by atoms with Crippen LogP contribution in [0.3, 0.4) is 0 Å². The second kappa shape index (κ2) is 4.38. The molecule has 1 heterocycles. The molecule has 0 radical (unpaired) electrons. The van der Waals surface area contributed by atoms with Gasteiger partial charge in [-0.15, -0.1) is 0 Å². The smallest absolute Gasteiger partial charge is 0.0126 e. The minimum atomic E-state index is 0.460.